The van der Waals surface area contributed by atoms with E-state index in [1.54, 1.807) is 6.07 Å². The Balaban J connectivity index is 1.58. The van der Waals surface area contributed by atoms with E-state index in [0.29, 0.717) is 16.2 Å². The van der Waals surface area contributed by atoms with Crippen molar-refractivity contribution in [2.45, 2.75) is 20.5 Å². The molecule has 5 rings (SSSR count). The minimum Gasteiger partial charge on any atom is -0.488 e. The monoisotopic (exact) mass is 521 g/mol. The van der Waals surface area contributed by atoms with Crippen LogP contribution in [0.4, 0.5) is 16.2 Å². The highest BCUT2D eigenvalue weighted by atomic mass is 16.6. The summed E-state index contributed by atoms with van der Waals surface area (Å²) in [5.74, 6) is -1.34. The number of imide groups is 2. The summed E-state index contributed by atoms with van der Waals surface area (Å²) < 4.78 is 6.18. The third kappa shape index (κ3) is 5.10. The summed E-state index contributed by atoms with van der Waals surface area (Å²) >= 11 is 0. The van der Waals surface area contributed by atoms with Gasteiger partial charge in [-0.1, -0.05) is 65.7 Å². The number of ether oxygens (including phenoxy) is 1. The van der Waals surface area contributed by atoms with E-state index in [4.69, 9.17) is 4.74 Å². The van der Waals surface area contributed by atoms with Crippen LogP contribution in [-0.4, -0.2) is 22.8 Å². The number of urea groups is 1. The fourth-order valence-corrected chi connectivity index (χ4v) is 4.65. The first-order valence-electron chi connectivity index (χ1n) is 12.1. The molecule has 0 aromatic heterocycles. The van der Waals surface area contributed by atoms with Crippen molar-refractivity contribution in [2.75, 3.05) is 4.90 Å². The zero-order valence-corrected chi connectivity index (χ0v) is 21.1. The molecule has 9 heteroatoms. The highest BCUT2D eigenvalue weighted by Crippen LogP contribution is 2.33. The molecule has 0 atom stereocenters. The number of nitro benzene ring substituents is 1. The predicted molar refractivity (Wildman–Crippen MR) is 146 cm³/mol. The van der Waals surface area contributed by atoms with Gasteiger partial charge in [-0.3, -0.25) is 25.0 Å². The molecule has 0 radical (unpaired) electrons. The van der Waals surface area contributed by atoms with Crippen LogP contribution in [0.25, 0.3) is 16.8 Å². The number of hydrogen-bond acceptors (Lipinski definition) is 6. The minimum atomic E-state index is -0.994. The number of benzene rings is 4. The number of hydrogen-bond donors (Lipinski definition) is 1. The van der Waals surface area contributed by atoms with Gasteiger partial charge in [-0.05, 0) is 48.4 Å². The molecule has 4 aromatic rings. The standard InChI is InChI=1S/C30H23N3O6/c1-18-12-19(2)14-20(13-18)17-39-27-11-10-21-6-3-4-9-24(21)25(27)16-26-28(34)31-30(36)32(29(26)35)22-7-5-8-23(15-22)33(37)38/h3-16H,17H2,1-2H3,(H,31,34,36)/b26-16+. The van der Waals surface area contributed by atoms with Crippen LogP contribution in [0, 0.1) is 24.0 Å². The van der Waals surface area contributed by atoms with Gasteiger partial charge in [0.2, 0.25) is 0 Å². The summed E-state index contributed by atoms with van der Waals surface area (Å²) in [5.41, 5.74) is 3.02. The zero-order chi connectivity index (χ0) is 27.7. The van der Waals surface area contributed by atoms with Gasteiger partial charge in [0.1, 0.15) is 17.9 Å². The fraction of sp³-hybridized carbons (Fsp3) is 0.100. The number of carbonyl (C=O) groups excluding carboxylic acids is 3. The number of aryl methyl sites for hydroxylation is 2. The molecule has 0 saturated carbocycles. The molecule has 0 aliphatic carbocycles. The molecule has 0 spiro atoms. The molecular formula is C30H23N3O6. The van der Waals surface area contributed by atoms with E-state index in [0.717, 1.165) is 33.5 Å². The number of barbiturate groups is 1. The number of carbonyl (C=O) groups is 3. The minimum absolute atomic E-state index is 0.0330. The molecule has 0 unspecified atom stereocenters. The highest BCUT2D eigenvalue weighted by molar-refractivity contribution is 6.39. The van der Waals surface area contributed by atoms with E-state index < -0.39 is 22.8 Å². The van der Waals surface area contributed by atoms with Crippen LogP contribution in [0.3, 0.4) is 0 Å². The molecule has 194 valence electrons. The number of anilines is 1. The lowest BCUT2D eigenvalue weighted by Crippen LogP contribution is -2.54. The van der Waals surface area contributed by atoms with Crippen LogP contribution in [0.5, 0.6) is 5.75 Å². The van der Waals surface area contributed by atoms with Crippen molar-refractivity contribution in [2.24, 2.45) is 0 Å². The highest BCUT2D eigenvalue weighted by Gasteiger charge is 2.37. The molecule has 0 bridgehead atoms. The van der Waals surface area contributed by atoms with Gasteiger partial charge in [0.05, 0.1) is 10.6 Å². The number of nitrogens with one attached hydrogen (secondary N) is 1. The average Bonchev–Trinajstić information content (AvgIpc) is 2.89. The molecule has 1 N–H and O–H groups in total. The van der Waals surface area contributed by atoms with E-state index in [1.165, 1.54) is 24.3 Å². The Labute approximate surface area is 223 Å². The SMILES string of the molecule is Cc1cc(C)cc(COc2ccc3ccccc3c2/C=C2\C(=O)NC(=O)N(c3cccc([N+](=O)[O-])c3)C2=O)c1. The maximum atomic E-state index is 13.5. The van der Waals surface area contributed by atoms with Crippen molar-refractivity contribution in [3.05, 3.63) is 117 Å². The lowest BCUT2D eigenvalue weighted by molar-refractivity contribution is -0.384. The van der Waals surface area contributed by atoms with Crippen LogP contribution in [0.2, 0.25) is 0 Å². The Bertz CT molecular complexity index is 1690. The predicted octanol–water partition coefficient (Wildman–Crippen LogP) is 5.61. The zero-order valence-electron chi connectivity index (χ0n) is 21.1. The molecule has 1 aliphatic heterocycles. The summed E-state index contributed by atoms with van der Waals surface area (Å²) in [5, 5.41) is 15.0. The van der Waals surface area contributed by atoms with Gasteiger partial charge in [0.15, 0.2) is 0 Å². The lowest BCUT2D eigenvalue weighted by Gasteiger charge is -2.26. The summed E-state index contributed by atoms with van der Waals surface area (Å²) in [7, 11) is 0. The van der Waals surface area contributed by atoms with Gasteiger partial charge in [-0.15, -0.1) is 0 Å². The van der Waals surface area contributed by atoms with Crippen molar-refractivity contribution < 1.29 is 24.0 Å². The summed E-state index contributed by atoms with van der Waals surface area (Å²) in [6.07, 6.45) is 1.40. The van der Waals surface area contributed by atoms with Crippen molar-refractivity contribution in [3.8, 4) is 5.75 Å². The normalized spacial score (nSPS) is 14.6. The summed E-state index contributed by atoms with van der Waals surface area (Å²) in [6, 6.07) is 21.3. The van der Waals surface area contributed by atoms with Gasteiger partial charge in [-0.25, -0.2) is 9.69 Å². The second-order valence-corrected chi connectivity index (χ2v) is 9.22. The molecular weight excluding hydrogens is 498 g/mol. The van der Waals surface area contributed by atoms with Crippen LogP contribution in [-0.2, 0) is 16.2 Å². The average molecular weight is 522 g/mol. The summed E-state index contributed by atoms with van der Waals surface area (Å²) in [4.78, 5) is 50.3. The van der Waals surface area contributed by atoms with Gasteiger partial charge in [-0.2, -0.15) is 0 Å². The van der Waals surface area contributed by atoms with Crippen molar-refractivity contribution in [1.82, 2.24) is 5.32 Å². The van der Waals surface area contributed by atoms with Gasteiger partial charge in [0.25, 0.3) is 17.5 Å². The molecule has 1 fully saturated rings. The third-order valence-electron chi connectivity index (χ3n) is 6.30. The maximum Gasteiger partial charge on any atom is 0.335 e. The first-order chi connectivity index (χ1) is 18.7. The Hall–Kier alpha value is -5.31. The number of amides is 4. The maximum absolute atomic E-state index is 13.5. The van der Waals surface area contributed by atoms with Crippen LogP contribution in [0.1, 0.15) is 22.3 Å². The quantitative estimate of drug-likeness (QED) is 0.152. The Morgan fingerprint density at radius 2 is 1.67 bits per heavy atom. The second-order valence-electron chi connectivity index (χ2n) is 9.22. The van der Waals surface area contributed by atoms with Crippen molar-refractivity contribution >= 4 is 46.1 Å². The molecule has 39 heavy (non-hydrogen) atoms. The molecule has 1 saturated heterocycles. The first kappa shape index (κ1) is 25.3. The van der Waals surface area contributed by atoms with E-state index in [1.807, 2.05) is 56.3 Å². The van der Waals surface area contributed by atoms with E-state index in [2.05, 4.69) is 11.4 Å². The number of fused-ring (bicyclic) bond motifs is 1. The topological polar surface area (TPSA) is 119 Å². The Morgan fingerprint density at radius 1 is 0.923 bits per heavy atom. The lowest BCUT2D eigenvalue weighted by atomic mass is 9.99. The first-order valence-corrected chi connectivity index (χ1v) is 12.1. The number of nitrogens with zero attached hydrogens (tertiary/aromatic N) is 2. The largest absolute Gasteiger partial charge is 0.488 e. The van der Waals surface area contributed by atoms with Crippen LogP contribution in [0.15, 0.2) is 84.4 Å². The Morgan fingerprint density at radius 3 is 2.41 bits per heavy atom. The molecule has 1 aliphatic rings. The molecule has 9 nitrogen and oxygen atoms in total. The van der Waals surface area contributed by atoms with Gasteiger partial charge < -0.3 is 4.74 Å². The number of rotatable bonds is 6. The van der Waals surface area contributed by atoms with E-state index in [-0.39, 0.29) is 23.6 Å². The smallest absolute Gasteiger partial charge is 0.335 e. The van der Waals surface area contributed by atoms with Crippen LogP contribution >= 0.6 is 0 Å². The fourth-order valence-electron chi connectivity index (χ4n) is 4.65. The number of non-ortho nitro benzene ring substituents is 1. The van der Waals surface area contributed by atoms with Crippen LogP contribution < -0.4 is 15.0 Å². The van der Waals surface area contributed by atoms with E-state index in [9.17, 15) is 24.5 Å². The third-order valence-corrected chi connectivity index (χ3v) is 6.30. The Kier molecular flexibility index (Phi) is 6.64. The van der Waals surface area contributed by atoms with Crippen molar-refractivity contribution in [1.29, 1.82) is 0 Å². The molecule has 4 aromatic carbocycles. The van der Waals surface area contributed by atoms with E-state index >= 15 is 0 Å². The van der Waals surface area contributed by atoms with Gasteiger partial charge >= 0.3 is 6.03 Å². The number of nitro groups is 1. The van der Waals surface area contributed by atoms with Gasteiger partial charge in [0, 0.05) is 17.7 Å². The molecule has 4 amide bonds. The summed E-state index contributed by atoms with van der Waals surface area (Å²) in [6.45, 7) is 4.27. The van der Waals surface area contributed by atoms with Crippen molar-refractivity contribution in [3.63, 3.8) is 0 Å². The molecule has 1 heterocycles. The second kappa shape index (κ2) is 10.2.